The van der Waals surface area contributed by atoms with Gasteiger partial charge in [0, 0.05) is 5.56 Å². The molecular weight excluding hydrogens is 302 g/mol. The van der Waals surface area contributed by atoms with E-state index in [4.69, 9.17) is 0 Å². The standard InChI is InChI=1S/C18H19N5O/c1-12-8-9-13(2)15(10-12)14(3)19-21-18(24)11-23-17-7-5-4-6-16(17)20-22-23/h4-10H,11H2,1-3H3,(H,21,24)/b19-14+. The van der Waals surface area contributed by atoms with E-state index in [9.17, 15) is 4.79 Å². The van der Waals surface area contributed by atoms with E-state index in [0.717, 1.165) is 33.4 Å². The monoisotopic (exact) mass is 321 g/mol. The number of nitrogens with one attached hydrogen (secondary N) is 1. The van der Waals surface area contributed by atoms with Crippen molar-refractivity contribution < 1.29 is 4.79 Å². The summed E-state index contributed by atoms with van der Waals surface area (Å²) in [6.45, 7) is 6.01. The Morgan fingerprint density at radius 2 is 2.00 bits per heavy atom. The maximum atomic E-state index is 12.1. The number of aromatic nitrogens is 3. The highest BCUT2D eigenvalue weighted by atomic mass is 16.2. The molecule has 2 aromatic carbocycles. The Morgan fingerprint density at radius 3 is 2.83 bits per heavy atom. The number of benzene rings is 2. The summed E-state index contributed by atoms with van der Waals surface area (Å²) in [5.41, 5.74) is 8.26. The van der Waals surface area contributed by atoms with Gasteiger partial charge in [-0.15, -0.1) is 5.10 Å². The van der Waals surface area contributed by atoms with E-state index in [1.54, 1.807) is 4.68 Å². The molecule has 1 amide bonds. The largest absolute Gasteiger partial charge is 0.271 e. The smallest absolute Gasteiger partial charge is 0.261 e. The topological polar surface area (TPSA) is 72.2 Å². The number of hydrogen-bond donors (Lipinski definition) is 1. The number of hydrogen-bond acceptors (Lipinski definition) is 4. The summed E-state index contributed by atoms with van der Waals surface area (Å²) >= 11 is 0. The molecule has 0 saturated carbocycles. The highest BCUT2D eigenvalue weighted by molar-refractivity contribution is 6.00. The molecule has 0 radical (unpaired) electrons. The molecule has 0 bridgehead atoms. The number of rotatable bonds is 4. The van der Waals surface area contributed by atoms with Crippen molar-refractivity contribution in [3.63, 3.8) is 0 Å². The van der Waals surface area contributed by atoms with Crippen molar-refractivity contribution in [3.8, 4) is 0 Å². The number of aryl methyl sites for hydroxylation is 2. The summed E-state index contributed by atoms with van der Waals surface area (Å²) in [4.78, 5) is 12.1. The van der Waals surface area contributed by atoms with Gasteiger partial charge >= 0.3 is 0 Å². The quantitative estimate of drug-likeness (QED) is 0.593. The van der Waals surface area contributed by atoms with E-state index in [2.05, 4.69) is 33.0 Å². The van der Waals surface area contributed by atoms with Gasteiger partial charge in [-0.2, -0.15) is 5.10 Å². The van der Waals surface area contributed by atoms with Crippen molar-refractivity contribution in [2.75, 3.05) is 0 Å². The number of hydrazone groups is 1. The van der Waals surface area contributed by atoms with E-state index in [1.807, 2.05) is 51.1 Å². The minimum Gasteiger partial charge on any atom is -0.271 e. The molecule has 0 unspecified atom stereocenters. The zero-order valence-corrected chi connectivity index (χ0v) is 13.9. The first kappa shape index (κ1) is 15.9. The molecular formula is C18H19N5O. The molecule has 24 heavy (non-hydrogen) atoms. The van der Waals surface area contributed by atoms with Crippen LogP contribution in [0.4, 0.5) is 0 Å². The van der Waals surface area contributed by atoms with Crippen molar-refractivity contribution in [2.24, 2.45) is 5.10 Å². The normalized spacial score (nSPS) is 11.7. The van der Waals surface area contributed by atoms with E-state index in [0.29, 0.717) is 0 Å². The number of fused-ring (bicyclic) bond motifs is 1. The molecule has 3 aromatic rings. The second-order valence-electron chi connectivity index (χ2n) is 5.79. The van der Waals surface area contributed by atoms with Crippen LogP contribution in [0.25, 0.3) is 11.0 Å². The van der Waals surface area contributed by atoms with Crippen molar-refractivity contribution in [1.82, 2.24) is 20.4 Å². The third-order valence-electron chi connectivity index (χ3n) is 3.84. The minimum absolute atomic E-state index is 0.0735. The molecule has 6 nitrogen and oxygen atoms in total. The van der Waals surface area contributed by atoms with Crippen LogP contribution in [-0.2, 0) is 11.3 Å². The number of para-hydroxylation sites is 1. The Morgan fingerprint density at radius 1 is 1.21 bits per heavy atom. The molecule has 0 saturated heterocycles. The predicted octanol–water partition coefficient (Wildman–Crippen LogP) is 2.59. The van der Waals surface area contributed by atoms with Crippen LogP contribution in [0.15, 0.2) is 47.6 Å². The SMILES string of the molecule is C/C(=N\NC(=O)Cn1nnc2ccccc21)c1cc(C)ccc1C. The van der Waals surface area contributed by atoms with Gasteiger partial charge in [0.25, 0.3) is 5.91 Å². The molecule has 122 valence electrons. The molecule has 1 heterocycles. The van der Waals surface area contributed by atoms with Gasteiger partial charge in [-0.1, -0.05) is 35.0 Å². The molecule has 0 aliphatic carbocycles. The molecule has 1 N–H and O–H groups in total. The van der Waals surface area contributed by atoms with Crippen molar-refractivity contribution in [2.45, 2.75) is 27.3 Å². The highest BCUT2D eigenvalue weighted by Crippen LogP contribution is 2.12. The van der Waals surface area contributed by atoms with Crippen molar-refractivity contribution >= 4 is 22.7 Å². The summed E-state index contributed by atoms with van der Waals surface area (Å²) in [5, 5.41) is 12.2. The number of amides is 1. The van der Waals surface area contributed by atoms with Crippen LogP contribution in [0.3, 0.4) is 0 Å². The lowest BCUT2D eigenvalue weighted by Gasteiger charge is -2.07. The van der Waals surface area contributed by atoms with Crippen LogP contribution in [-0.4, -0.2) is 26.6 Å². The molecule has 0 fully saturated rings. The summed E-state index contributed by atoms with van der Waals surface area (Å²) in [5.74, 6) is -0.240. The van der Waals surface area contributed by atoms with Crippen LogP contribution in [0.5, 0.6) is 0 Å². The molecule has 1 aromatic heterocycles. The Kier molecular flexibility index (Phi) is 4.37. The lowest BCUT2D eigenvalue weighted by Crippen LogP contribution is -2.25. The first-order chi connectivity index (χ1) is 11.5. The summed E-state index contributed by atoms with van der Waals surface area (Å²) in [6, 6.07) is 13.7. The predicted molar refractivity (Wildman–Crippen MR) is 93.8 cm³/mol. The summed E-state index contributed by atoms with van der Waals surface area (Å²) < 4.78 is 1.56. The van der Waals surface area contributed by atoms with Gasteiger partial charge in [0.2, 0.25) is 0 Å². The van der Waals surface area contributed by atoms with Gasteiger partial charge in [0.05, 0.1) is 11.2 Å². The summed E-state index contributed by atoms with van der Waals surface area (Å²) in [6.07, 6.45) is 0. The van der Waals surface area contributed by atoms with Crippen molar-refractivity contribution in [1.29, 1.82) is 0 Å². The average molecular weight is 321 g/mol. The Balaban J connectivity index is 1.72. The number of carbonyl (C=O) groups excluding carboxylic acids is 1. The third-order valence-corrected chi connectivity index (χ3v) is 3.84. The van der Waals surface area contributed by atoms with Crippen LogP contribution < -0.4 is 5.43 Å². The van der Waals surface area contributed by atoms with Crippen LogP contribution in [0.1, 0.15) is 23.6 Å². The number of carbonyl (C=O) groups is 1. The molecule has 3 rings (SSSR count). The molecule has 6 heteroatoms. The molecule has 0 aliphatic heterocycles. The van der Waals surface area contributed by atoms with Gasteiger partial charge in [0.1, 0.15) is 12.1 Å². The van der Waals surface area contributed by atoms with Crippen LogP contribution in [0.2, 0.25) is 0 Å². The Hall–Kier alpha value is -3.02. The van der Waals surface area contributed by atoms with E-state index < -0.39 is 0 Å². The Bertz CT molecular complexity index is 926. The minimum atomic E-state index is -0.240. The zero-order chi connectivity index (χ0) is 17.1. The maximum Gasteiger partial charge on any atom is 0.261 e. The summed E-state index contributed by atoms with van der Waals surface area (Å²) in [7, 11) is 0. The Labute approximate surface area is 140 Å². The maximum absolute atomic E-state index is 12.1. The van der Waals surface area contributed by atoms with E-state index >= 15 is 0 Å². The number of nitrogens with zero attached hydrogens (tertiary/aromatic N) is 4. The van der Waals surface area contributed by atoms with Crippen LogP contribution >= 0.6 is 0 Å². The lowest BCUT2D eigenvalue weighted by atomic mass is 10.0. The fourth-order valence-corrected chi connectivity index (χ4v) is 2.54. The first-order valence-electron chi connectivity index (χ1n) is 7.73. The van der Waals surface area contributed by atoms with Gasteiger partial charge in [-0.25, -0.2) is 10.1 Å². The van der Waals surface area contributed by atoms with E-state index in [-0.39, 0.29) is 12.5 Å². The fraction of sp³-hybridized carbons (Fsp3) is 0.222. The van der Waals surface area contributed by atoms with Gasteiger partial charge in [-0.05, 0) is 44.5 Å². The fourth-order valence-electron chi connectivity index (χ4n) is 2.54. The first-order valence-corrected chi connectivity index (χ1v) is 7.73. The third kappa shape index (κ3) is 3.32. The van der Waals surface area contributed by atoms with E-state index in [1.165, 1.54) is 0 Å². The second-order valence-corrected chi connectivity index (χ2v) is 5.79. The van der Waals surface area contributed by atoms with Gasteiger partial charge < -0.3 is 0 Å². The van der Waals surface area contributed by atoms with Gasteiger partial charge in [0.15, 0.2) is 0 Å². The lowest BCUT2D eigenvalue weighted by molar-refractivity contribution is -0.121. The van der Waals surface area contributed by atoms with Crippen LogP contribution in [0, 0.1) is 13.8 Å². The van der Waals surface area contributed by atoms with Crippen molar-refractivity contribution in [3.05, 3.63) is 59.2 Å². The van der Waals surface area contributed by atoms with Gasteiger partial charge in [-0.3, -0.25) is 4.79 Å². The highest BCUT2D eigenvalue weighted by Gasteiger charge is 2.08. The zero-order valence-electron chi connectivity index (χ0n) is 13.9. The molecule has 0 spiro atoms. The molecule has 0 atom stereocenters. The average Bonchev–Trinajstić information content (AvgIpc) is 2.98. The second kappa shape index (κ2) is 6.62. The molecule has 0 aliphatic rings.